The zero-order chi connectivity index (χ0) is 16.1. The summed E-state index contributed by atoms with van der Waals surface area (Å²) in [5.41, 5.74) is 1.02. The highest BCUT2D eigenvalue weighted by molar-refractivity contribution is 7.90. The number of hydrogen-bond donors (Lipinski definition) is 3. The van der Waals surface area contributed by atoms with E-state index in [1.807, 2.05) is 45.9 Å². The van der Waals surface area contributed by atoms with Crippen LogP contribution in [0.3, 0.4) is 0 Å². The molecule has 1 atom stereocenters. The summed E-state index contributed by atoms with van der Waals surface area (Å²) in [4.78, 5) is 0. The maximum atomic E-state index is 12.2. The molecule has 0 radical (unpaired) electrons. The molecule has 0 aromatic heterocycles. The predicted octanol–water partition coefficient (Wildman–Crippen LogP) is 2.79. The van der Waals surface area contributed by atoms with Crippen molar-refractivity contribution in [3.63, 3.8) is 0 Å². The summed E-state index contributed by atoms with van der Waals surface area (Å²) in [6.07, 6.45) is 1.03. The number of anilines is 1. The van der Waals surface area contributed by atoms with Gasteiger partial charge in [0, 0.05) is 11.6 Å². The molecule has 0 aliphatic carbocycles. The lowest BCUT2D eigenvalue weighted by Crippen LogP contribution is -2.43. The summed E-state index contributed by atoms with van der Waals surface area (Å²) in [6.45, 7) is 10.4. The van der Waals surface area contributed by atoms with E-state index in [0.717, 1.165) is 18.5 Å². The van der Waals surface area contributed by atoms with E-state index >= 15 is 0 Å². The normalized spacial score (nSPS) is 14.0. The lowest BCUT2D eigenvalue weighted by atomic mass is 10.1. The molecule has 0 aliphatic rings. The Kier molecular flexibility index (Phi) is 6.19. The van der Waals surface area contributed by atoms with Gasteiger partial charge in [0.25, 0.3) is 10.2 Å². The van der Waals surface area contributed by atoms with Crippen LogP contribution in [0.5, 0.6) is 0 Å². The lowest BCUT2D eigenvalue weighted by Gasteiger charge is -2.23. The minimum atomic E-state index is -3.60. The van der Waals surface area contributed by atoms with Crippen LogP contribution < -0.4 is 14.8 Å². The van der Waals surface area contributed by atoms with Crippen molar-refractivity contribution in [1.29, 1.82) is 0 Å². The van der Waals surface area contributed by atoms with Gasteiger partial charge in [-0.15, -0.1) is 0 Å². The zero-order valence-electron chi connectivity index (χ0n) is 13.5. The molecule has 0 bridgehead atoms. The second-order valence-electron chi connectivity index (χ2n) is 6.22. The van der Waals surface area contributed by atoms with E-state index < -0.39 is 15.7 Å². The smallest absolute Gasteiger partial charge is 0.299 e. The molecule has 5 nitrogen and oxygen atoms in total. The van der Waals surface area contributed by atoms with E-state index in [2.05, 4.69) is 21.7 Å². The molecule has 0 amide bonds. The molecule has 1 unspecified atom stereocenters. The summed E-state index contributed by atoms with van der Waals surface area (Å²) in [5, 5.41) is 3.37. The van der Waals surface area contributed by atoms with Crippen molar-refractivity contribution in [3.8, 4) is 0 Å². The first kappa shape index (κ1) is 17.9. The van der Waals surface area contributed by atoms with Crippen LogP contribution in [0.4, 0.5) is 5.69 Å². The van der Waals surface area contributed by atoms with E-state index in [9.17, 15) is 8.42 Å². The summed E-state index contributed by atoms with van der Waals surface area (Å²) >= 11 is 0. The van der Waals surface area contributed by atoms with Crippen molar-refractivity contribution >= 4 is 15.9 Å². The van der Waals surface area contributed by atoms with Crippen LogP contribution in [-0.4, -0.2) is 20.5 Å². The lowest BCUT2D eigenvalue weighted by molar-refractivity contribution is 0.494. The first-order valence-corrected chi connectivity index (χ1v) is 8.77. The Morgan fingerprint density at radius 1 is 1.19 bits per heavy atom. The summed E-state index contributed by atoms with van der Waals surface area (Å²) in [6, 6.07) is 7.53. The van der Waals surface area contributed by atoms with Gasteiger partial charge in [0.1, 0.15) is 0 Å². The van der Waals surface area contributed by atoms with Gasteiger partial charge in [-0.05, 0) is 52.3 Å². The van der Waals surface area contributed by atoms with Crippen molar-refractivity contribution in [2.24, 2.45) is 0 Å². The van der Waals surface area contributed by atoms with E-state index in [-0.39, 0.29) is 6.04 Å². The average Bonchev–Trinajstić information content (AvgIpc) is 2.33. The second kappa shape index (κ2) is 7.24. The van der Waals surface area contributed by atoms with Gasteiger partial charge in [-0.3, -0.25) is 4.72 Å². The average molecular weight is 313 g/mol. The first-order valence-electron chi connectivity index (χ1n) is 7.28. The number of nitrogens with one attached hydrogen (secondary N) is 3. The molecule has 3 N–H and O–H groups in total. The first-order chi connectivity index (χ1) is 9.64. The Hall–Kier alpha value is -1.11. The second-order valence-corrected chi connectivity index (χ2v) is 7.64. The Bertz CT molecular complexity index is 550. The van der Waals surface area contributed by atoms with Gasteiger partial charge in [0.15, 0.2) is 0 Å². The molecule has 0 aliphatic heterocycles. The van der Waals surface area contributed by atoms with Gasteiger partial charge in [-0.2, -0.15) is 13.1 Å². The van der Waals surface area contributed by atoms with Gasteiger partial charge in [0.05, 0.1) is 5.69 Å². The zero-order valence-corrected chi connectivity index (χ0v) is 14.3. The van der Waals surface area contributed by atoms with Crippen molar-refractivity contribution in [2.75, 3.05) is 11.3 Å². The molecule has 0 saturated heterocycles. The third-order valence-corrected chi connectivity index (χ3v) is 4.18. The van der Waals surface area contributed by atoms with Gasteiger partial charge >= 0.3 is 0 Å². The third-order valence-electron chi connectivity index (χ3n) is 2.81. The number of benzene rings is 1. The van der Waals surface area contributed by atoms with Crippen LogP contribution >= 0.6 is 0 Å². The van der Waals surface area contributed by atoms with Crippen LogP contribution in [0.15, 0.2) is 24.3 Å². The van der Waals surface area contributed by atoms with Crippen molar-refractivity contribution in [1.82, 2.24) is 10.0 Å². The minimum absolute atomic E-state index is 0.0819. The molecule has 0 fully saturated rings. The topological polar surface area (TPSA) is 70.2 Å². The van der Waals surface area contributed by atoms with Gasteiger partial charge in [-0.25, -0.2) is 0 Å². The van der Waals surface area contributed by atoms with Crippen LogP contribution in [0.1, 0.15) is 52.6 Å². The Balaban J connectivity index is 2.94. The molecule has 120 valence electrons. The molecule has 0 heterocycles. The van der Waals surface area contributed by atoms with E-state index in [4.69, 9.17) is 0 Å². The van der Waals surface area contributed by atoms with Crippen LogP contribution in [0.25, 0.3) is 0 Å². The Morgan fingerprint density at radius 3 is 2.38 bits per heavy atom. The molecular weight excluding hydrogens is 286 g/mol. The van der Waals surface area contributed by atoms with Crippen molar-refractivity contribution < 1.29 is 8.42 Å². The Labute approximate surface area is 128 Å². The quantitative estimate of drug-likeness (QED) is 0.725. The predicted molar refractivity (Wildman–Crippen MR) is 88.6 cm³/mol. The van der Waals surface area contributed by atoms with E-state index in [1.54, 1.807) is 6.07 Å². The molecule has 0 spiro atoms. The fourth-order valence-electron chi connectivity index (χ4n) is 2.01. The maximum absolute atomic E-state index is 12.2. The molecule has 0 saturated carbocycles. The summed E-state index contributed by atoms with van der Waals surface area (Å²) in [5.74, 6) is 0. The number of rotatable bonds is 7. The highest BCUT2D eigenvalue weighted by atomic mass is 32.2. The Morgan fingerprint density at radius 2 is 1.81 bits per heavy atom. The monoisotopic (exact) mass is 313 g/mol. The van der Waals surface area contributed by atoms with Gasteiger partial charge < -0.3 is 5.32 Å². The molecule has 1 aromatic rings. The maximum Gasteiger partial charge on any atom is 0.299 e. The fourth-order valence-corrected chi connectivity index (χ4v) is 3.34. The fraction of sp³-hybridized carbons (Fsp3) is 0.600. The third kappa shape index (κ3) is 6.46. The minimum Gasteiger partial charge on any atom is -0.310 e. The number of para-hydroxylation sites is 1. The molecule has 6 heteroatoms. The van der Waals surface area contributed by atoms with Crippen LogP contribution in [-0.2, 0) is 10.2 Å². The molecule has 1 aromatic carbocycles. The van der Waals surface area contributed by atoms with Gasteiger partial charge in [0.2, 0.25) is 0 Å². The molecule has 21 heavy (non-hydrogen) atoms. The van der Waals surface area contributed by atoms with Crippen LogP contribution in [0, 0.1) is 0 Å². The summed E-state index contributed by atoms with van der Waals surface area (Å²) < 4.78 is 29.5. The largest absolute Gasteiger partial charge is 0.310 e. The molecule has 1 rings (SSSR count). The highest BCUT2D eigenvalue weighted by Gasteiger charge is 2.21. The SMILES string of the molecule is CCCNC(C)c1ccccc1NS(=O)(=O)NC(C)(C)C. The van der Waals surface area contributed by atoms with Crippen molar-refractivity contribution in [3.05, 3.63) is 29.8 Å². The van der Waals surface area contributed by atoms with E-state index in [0.29, 0.717) is 5.69 Å². The summed E-state index contributed by atoms with van der Waals surface area (Å²) in [7, 11) is -3.60. The molecular formula is C15H27N3O2S. The van der Waals surface area contributed by atoms with Gasteiger partial charge in [-0.1, -0.05) is 25.1 Å². The van der Waals surface area contributed by atoms with Crippen molar-refractivity contribution in [2.45, 2.75) is 52.6 Å². The highest BCUT2D eigenvalue weighted by Crippen LogP contribution is 2.23. The standard InChI is InChI=1S/C15H27N3O2S/c1-6-11-16-12(2)13-9-7-8-10-14(13)17-21(19,20)18-15(3,4)5/h7-10,12,16-18H,6,11H2,1-5H3. The van der Waals surface area contributed by atoms with Crippen LogP contribution in [0.2, 0.25) is 0 Å². The van der Waals surface area contributed by atoms with E-state index in [1.165, 1.54) is 0 Å². The number of hydrogen-bond acceptors (Lipinski definition) is 3.